The molecular formula is C18H19FN2O2S. The van der Waals surface area contributed by atoms with Crippen molar-refractivity contribution < 1.29 is 13.9 Å². The van der Waals surface area contributed by atoms with Crippen molar-refractivity contribution in [3.05, 3.63) is 35.5 Å². The Morgan fingerprint density at radius 2 is 2.08 bits per heavy atom. The fourth-order valence-electron chi connectivity index (χ4n) is 2.95. The molecule has 4 rings (SSSR count). The van der Waals surface area contributed by atoms with Crippen molar-refractivity contribution >= 4 is 22.4 Å². The Labute approximate surface area is 144 Å². The fraction of sp³-hybridized carbons (Fsp3) is 0.444. The number of thiazole rings is 1. The van der Waals surface area contributed by atoms with Gasteiger partial charge in [0, 0.05) is 23.5 Å². The molecule has 1 saturated heterocycles. The first kappa shape index (κ1) is 15.7. The van der Waals surface area contributed by atoms with Crippen molar-refractivity contribution in [1.29, 1.82) is 0 Å². The number of benzene rings is 1. The smallest absolute Gasteiger partial charge is 0.231 e. The average molecular weight is 346 g/mol. The average Bonchev–Trinajstić information content (AvgIpc) is 3.10. The van der Waals surface area contributed by atoms with Crippen molar-refractivity contribution in [2.45, 2.75) is 31.8 Å². The van der Waals surface area contributed by atoms with E-state index >= 15 is 0 Å². The number of ether oxygens (including phenoxy) is 1. The summed E-state index contributed by atoms with van der Waals surface area (Å²) in [5.74, 6) is 0.0354. The molecule has 4 nitrogen and oxygen atoms in total. The van der Waals surface area contributed by atoms with E-state index < -0.39 is 0 Å². The van der Waals surface area contributed by atoms with Gasteiger partial charge >= 0.3 is 0 Å². The van der Waals surface area contributed by atoms with E-state index in [4.69, 9.17) is 4.74 Å². The normalized spacial score (nSPS) is 20.3. The first-order chi connectivity index (χ1) is 11.7. The van der Waals surface area contributed by atoms with Crippen molar-refractivity contribution in [1.82, 2.24) is 4.98 Å². The second kappa shape index (κ2) is 6.61. The molecular weight excluding hydrogens is 327 g/mol. The molecule has 1 aromatic heterocycles. The summed E-state index contributed by atoms with van der Waals surface area (Å²) in [4.78, 5) is 19.1. The molecule has 1 atom stereocenters. The highest BCUT2D eigenvalue weighted by atomic mass is 32.1. The second-order valence-corrected chi connectivity index (χ2v) is 7.22. The van der Waals surface area contributed by atoms with Crippen LogP contribution < -0.4 is 4.90 Å². The van der Waals surface area contributed by atoms with Gasteiger partial charge in [-0.3, -0.25) is 9.69 Å². The molecule has 1 aromatic carbocycles. The molecule has 1 aliphatic carbocycles. The maximum Gasteiger partial charge on any atom is 0.231 e. The van der Waals surface area contributed by atoms with Gasteiger partial charge in [-0.2, -0.15) is 0 Å². The number of carbonyl (C=O) groups is 1. The molecule has 2 fully saturated rings. The monoisotopic (exact) mass is 346 g/mol. The standard InChI is InChI=1S/C18H19FN2O2S/c19-14-7-5-12(6-8-14)16-11-24-18(20-16)21(17(22)13-3-4-13)10-15-2-1-9-23-15/h5-8,11,13,15H,1-4,9-10H2/t15-/m1/s1. The maximum atomic E-state index is 13.1. The first-order valence-corrected chi connectivity index (χ1v) is 9.23. The van der Waals surface area contributed by atoms with Crippen LogP contribution in [0.15, 0.2) is 29.6 Å². The van der Waals surface area contributed by atoms with Gasteiger partial charge in [0.2, 0.25) is 5.91 Å². The van der Waals surface area contributed by atoms with E-state index in [2.05, 4.69) is 4.98 Å². The van der Waals surface area contributed by atoms with E-state index in [1.54, 1.807) is 17.0 Å². The number of nitrogens with zero attached hydrogens (tertiary/aromatic N) is 2. The van der Waals surface area contributed by atoms with Gasteiger partial charge in [0.05, 0.1) is 18.3 Å². The van der Waals surface area contributed by atoms with E-state index in [0.29, 0.717) is 11.7 Å². The Morgan fingerprint density at radius 3 is 2.75 bits per heavy atom. The van der Waals surface area contributed by atoms with Gasteiger partial charge in [-0.15, -0.1) is 11.3 Å². The number of amides is 1. The summed E-state index contributed by atoms with van der Waals surface area (Å²) in [6.45, 7) is 1.35. The highest BCUT2D eigenvalue weighted by Crippen LogP contribution is 2.35. The van der Waals surface area contributed by atoms with Gasteiger partial charge in [-0.25, -0.2) is 9.37 Å². The van der Waals surface area contributed by atoms with Gasteiger partial charge in [-0.05, 0) is 49.9 Å². The lowest BCUT2D eigenvalue weighted by atomic mass is 10.2. The zero-order valence-corrected chi connectivity index (χ0v) is 14.1. The summed E-state index contributed by atoms with van der Waals surface area (Å²) in [6.07, 6.45) is 4.08. The Morgan fingerprint density at radius 1 is 1.29 bits per heavy atom. The Balaban J connectivity index is 1.57. The maximum absolute atomic E-state index is 13.1. The van der Waals surface area contributed by atoms with E-state index in [9.17, 15) is 9.18 Å². The van der Waals surface area contributed by atoms with Crippen molar-refractivity contribution in [3.8, 4) is 11.3 Å². The molecule has 2 aliphatic rings. The van der Waals surface area contributed by atoms with Crippen LogP contribution in [0.25, 0.3) is 11.3 Å². The summed E-state index contributed by atoms with van der Waals surface area (Å²) in [5, 5.41) is 2.63. The minimum absolute atomic E-state index is 0.103. The number of aromatic nitrogens is 1. The van der Waals surface area contributed by atoms with Gasteiger partial charge in [0.15, 0.2) is 5.13 Å². The molecule has 24 heavy (non-hydrogen) atoms. The van der Waals surface area contributed by atoms with Crippen LogP contribution in [0, 0.1) is 11.7 Å². The van der Waals surface area contributed by atoms with Crippen molar-refractivity contribution in [2.75, 3.05) is 18.1 Å². The van der Waals surface area contributed by atoms with Crippen LogP contribution in [0.1, 0.15) is 25.7 Å². The summed E-state index contributed by atoms with van der Waals surface area (Å²) >= 11 is 1.46. The second-order valence-electron chi connectivity index (χ2n) is 6.38. The molecule has 0 unspecified atom stereocenters. The molecule has 0 spiro atoms. The molecule has 0 N–H and O–H groups in total. The quantitative estimate of drug-likeness (QED) is 0.825. The molecule has 1 aliphatic heterocycles. The van der Waals surface area contributed by atoms with Crippen LogP contribution in [-0.4, -0.2) is 30.1 Å². The predicted octanol–water partition coefficient (Wildman–Crippen LogP) is 3.87. The number of hydrogen-bond donors (Lipinski definition) is 0. The summed E-state index contributed by atoms with van der Waals surface area (Å²) in [5.41, 5.74) is 1.63. The minimum atomic E-state index is -0.266. The van der Waals surface area contributed by atoms with Gasteiger partial charge in [-0.1, -0.05) is 0 Å². The Hall–Kier alpha value is -1.79. The SMILES string of the molecule is O=C(C1CC1)N(C[C@H]1CCCO1)c1nc(-c2ccc(F)cc2)cs1. The third kappa shape index (κ3) is 3.35. The molecule has 2 aromatic rings. The van der Waals surface area contributed by atoms with E-state index in [0.717, 1.165) is 43.5 Å². The fourth-order valence-corrected chi connectivity index (χ4v) is 3.80. The van der Waals surface area contributed by atoms with Gasteiger partial charge < -0.3 is 4.74 Å². The largest absolute Gasteiger partial charge is 0.376 e. The lowest BCUT2D eigenvalue weighted by Gasteiger charge is -2.23. The Bertz CT molecular complexity index is 721. The number of hydrogen-bond acceptors (Lipinski definition) is 4. The van der Waals surface area contributed by atoms with E-state index in [1.807, 2.05) is 5.38 Å². The number of carbonyl (C=O) groups excluding carboxylic acids is 1. The van der Waals surface area contributed by atoms with Crippen LogP contribution in [0.2, 0.25) is 0 Å². The Kier molecular flexibility index (Phi) is 4.33. The topological polar surface area (TPSA) is 42.4 Å². The third-order valence-electron chi connectivity index (χ3n) is 4.47. The number of halogens is 1. The number of rotatable bonds is 5. The highest BCUT2D eigenvalue weighted by molar-refractivity contribution is 7.14. The summed E-state index contributed by atoms with van der Waals surface area (Å²) < 4.78 is 18.8. The van der Waals surface area contributed by atoms with Crippen LogP contribution in [0.4, 0.5) is 9.52 Å². The zero-order valence-electron chi connectivity index (χ0n) is 13.3. The van der Waals surface area contributed by atoms with Crippen molar-refractivity contribution in [2.24, 2.45) is 5.92 Å². The predicted molar refractivity (Wildman–Crippen MR) is 91.6 cm³/mol. The summed E-state index contributed by atoms with van der Waals surface area (Å²) in [7, 11) is 0. The molecule has 6 heteroatoms. The lowest BCUT2D eigenvalue weighted by Crippen LogP contribution is -2.38. The van der Waals surface area contributed by atoms with E-state index in [-0.39, 0.29) is 23.7 Å². The van der Waals surface area contributed by atoms with Crippen molar-refractivity contribution in [3.63, 3.8) is 0 Å². The van der Waals surface area contributed by atoms with Gasteiger partial charge in [0.1, 0.15) is 5.82 Å². The highest BCUT2D eigenvalue weighted by Gasteiger charge is 2.36. The van der Waals surface area contributed by atoms with Crippen LogP contribution in [0.3, 0.4) is 0 Å². The summed E-state index contributed by atoms with van der Waals surface area (Å²) in [6, 6.07) is 6.27. The third-order valence-corrected chi connectivity index (χ3v) is 5.33. The van der Waals surface area contributed by atoms with Gasteiger partial charge in [0.25, 0.3) is 0 Å². The molecule has 1 saturated carbocycles. The minimum Gasteiger partial charge on any atom is -0.376 e. The van der Waals surface area contributed by atoms with E-state index in [1.165, 1.54) is 23.5 Å². The van der Waals surface area contributed by atoms with Crippen LogP contribution >= 0.6 is 11.3 Å². The molecule has 126 valence electrons. The molecule has 0 bridgehead atoms. The van der Waals surface area contributed by atoms with Crippen LogP contribution in [-0.2, 0) is 9.53 Å². The number of anilines is 1. The molecule has 2 heterocycles. The molecule has 1 amide bonds. The van der Waals surface area contributed by atoms with Crippen LogP contribution in [0.5, 0.6) is 0 Å². The molecule has 0 radical (unpaired) electrons. The first-order valence-electron chi connectivity index (χ1n) is 8.35. The lowest BCUT2D eigenvalue weighted by molar-refractivity contribution is -0.120. The zero-order chi connectivity index (χ0) is 16.5.